The van der Waals surface area contributed by atoms with Crippen LogP contribution in [0, 0.1) is 0 Å². The highest BCUT2D eigenvalue weighted by atomic mass is 16.5. The minimum absolute atomic E-state index is 0.0507. The number of ether oxygens (including phenoxy) is 1. The summed E-state index contributed by atoms with van der Waals surface area (Å²) in [6.45, 7) is -0.638. The minimum Gasteiger partial charge on any atom is -0.506 e. The van der Waals surface area contributed by atoms with Crippen molar-refractivity contribution in [1.82, 2.24) is 9.88 Å². The van der Waals surface area contributed by atoms with Crippen LogP contribution < -0.4 is 5.32 Å². The number of fused-ring (bicyclic) bond motifs is 1. The Kier molecular flexibility index (Phi) is 4.70. The molecule has 0 radical (unpaired) electrons. The highest BCUT2D eigenvalue weighted by molar-refractivity contribution is 6.05. The predicted molar refractivity (Wildman–Crippen MR) is 93.8 cm³/mol. The summed E-state index contributed by atoms with van der Waals surface area (Å²) in [7, 11) is 1.67. The molecule has 2 aromatic carbocycles. The molecule has 0 unspecified atom stereocenters. The van der Waals surface area contributed by atoms with Crippen molar-refractivity contribution in [3.63, 3.8) is 0 Å². The largest absolute Gasteiger partial charge is 0.506 e. The summed E-state index contributed by atoms with van der Waals surface area (Å²) < 4.78 is 6.46. The molecule has 2 amide bonds. The molecule has 7 nitrogen and oxygen atoms in total. The lowest BCUT2D eigenvalue weighted by Crippen LogP contribution is -2.35. The summed E-state index contributed by atoms with van der Waals surface area (Å²) in [5.74, 6) is -2.42. The van der Waals surface area contributed by atoms with Crippen LogP contribution in [0.5, 0.6) is 5.75 Å². The Morgan fingerprint density at radius 2 is 1.85 bits per heavy atom. The maximum atomic E-state index is 12.1. The Balaban J connectivity index is 1.64. The quantitative estimate of drug-likeness (QED) is 0.700. The van der Waals surface area contributed by atoms with Gasteiger partial charge in [0, 0.05) is 18.6 Å². The van der Waals surface area contributed by atoms with Gasteiger partial charge in [0.2, 0.25) is 0 Å². The van der Waals surface area contributed by atoms with E-state index in [-0.39, 0.29) is 11.3 Å². The summed E-state index contributed by atoms with van der Waals surface area (Å²) >= 11 is 0. The summed E-state index contributed by atoms with van der Waals surface area (Å²) in [6.07, 6.45) is 1.67. The van der Waals surface area contributed by atoms with Gasteiger partial charge in [0.15, 0.2) is 6.61 Å². The first kappa shape index (κ1) is 17.2. The van der Waals surface area contributed by atoms with Gasteiger partial charge in [-0.1, -0.05) is 30.3 Å². The van der Waals surface area contributed by atoms with E-state index in [1.54, 1.807) is 54.2 Å². The third-order valence-corrected chi connectivity index (χ3v) is 3.88. The first-order chi connectivity index (χ1) is 12.5. The first-order valence-electron chi connectivity index (χ1n) is 7.80. The summed E-state index contributed by atoms with van der Waals surface area (Å²) in [5.41, 5.74) is 0.252. The molecule has 0 aliphatic carbocycles. The lowest BCUT2D eigenvalue weighted by molar-refractivity contribution is -0.123. The summed E-state index contributed by atoms with van der Waals surface area (Å²) in [4.78, 5) is 35.9. The molecule has 132 valence electrons. The van der Waals surface area contributed by atoms with Crippen molar-refractivity contribution in [3.8, 4) is 5.75 Å². The molecule has 1 aromatic heterocycles. The third-order valence-electron chi connectivity index (χ3n) is 3.88. The minimum atomic E-state index is -0.852. The molecule has 1 heterocycles. The Bertz CT molecular complexity index is 1010. The molecule has 7 heteroatoms. The fourth-order valence-corrected chi connectivity index (χ4v) is 2.55. The molecule has 0 aliphatic rings. The van der Waals surface area contributed by atoms with Crippen molar-refractivity contribution >= 4 is 28.6 Å². The zero-order chi connectivity index (χ0) is 18.7. The second-order valence-electron chi connectivity index (χ2n) is 5.64. The zero-order valence-electron chi connectivity index (χ0n) is 13.9. The number of amides is 2. The van der Waals surface area contributed by atoms with Crippen molar-refractivity contribution in [2.45, 2.75) is 0 Å². The SMILES string of the molecule is Cn1cccc1C(=O)NC(=O)COC(=O)c1ccc2ccccc2c1O. The van der Waals surface area contributed by atoms with Gasteiger partial charge in [-0.05, 0) is 23.6 Å². The van der Waals surface area contributed by atoms with Crippen molar-refractivity contribution in [3.05, 3.63) is 66.0 Å². The number of benzene rings is 2. The number of aromatic nitrogens is 1. The van der Waals surface area contributed by atoms with Crippen LogP contribution in [0.3, 0.4) is 0 Å². The molecule has 3 aromatic rings. The Morgan fingerprint density at radius 1 is 1.08 bits per heavy atom. The maximum Gasteiger partial charge on any atom is 0.342 e. The summed E-state index contributed by atoms with van der Waals surface area (Å²) in [6, 6.07) is 13.3. The molecule has 26 heavy (non-hydrogen) atoms. The number of nitrogens with zero attached hydrogens (tertiary/aromatic N) is 1. The van der Waals surface area contributed by atoms with E-state index in [0.717, 1.165) is 5.39 Å². The van der Waals surface area contributed by atoms with Crippen LogP contribution in [0.4, 0.5) is 0 Å². The number of carbonyl (C=O) groups excluding carboxylic acids is 3. The maximum absolute atomic E-state index is 12.1. The Hall–Kier alpha value is -3.61. The van der Waals surface area contributed by atoms with Crippen LogP contribution in [0.25, 0.3) is 10.8 Å². The highest BCUT2D eigenvalue weighted by Crippen LogP contribution is 2.28. The van der Waals surface area contributed by atoms with Gasteiger partial charge in [0.05, 0.1) is 0 Å². The van der Waals surface area contributed by atoms with Gasteiger partial charge in [-0.3, -0.25) is 14.9 Å². The van der Waals surface area contributed by atoms with Crippen LogP contribution >= 0.6 is 0 Å². The zero-order valence-corrected chi connectivity index (χ0v) is 13.9. The van der Waals surface area contributed by atoms with Crippen LogP contribution in [-0.2, 0) is 16.6 Å². The van der Waals surface area contributed by atoms with Crippen molar-refractivity contribution in [2.24, 2.45) is 7.05 Å². The number of aromatic hydroxyl groups is 1. The fraction of sp³-hybridized carbons (Fsp3) is 0.105. The molecule has 0 saturated heterocycles. The number of rotatable bonds is 4. The van der Waals surface area contributed by atoms with Crippen LogP contribution in [0.1, 0.15) is 20.8 Å². The van der Waals surface area contributed by atoms with Crippen LogP contribution in [0.2, 0.25) is 0 Å². The fourth-order valence-electron chi connectivity index (χ4n) is 2.55. The van der Waals surface area contributed by atoms with E-state index in [9.17, 15) is 19.5 Å². The monoisotopic (exact) mass is 352 g/mol. The van der Waals surface area contributed by atoms with Crippen LogP contribution in [-0.4, -0.2) is 34.1 Å². The Labute approximate surface area is 148 Å². The number of esters is 1. The lowest BCUT2D eigenvalue weighted by atomic mass is 10.1. The molecule has 0 atom stereocenters. The van der Waals surface area contributed by atoms with Crippen molar-refractivity contribution < 1.29 is 24.2 Å². The van der Waals surface area contributed by atoms with E-state index in [0.29, 0.717) is 11.1 Å². The van der Waals surface area contributed by atoms with E-state index in [1.807, 2.05) is 6.07 Å². The topological polar surface area (TPSA) is 97.6 Å². The van der Waals surface area contributed by atoms with Crippen LogP contribution in [0.15, 0.2) is 54.7 Å². The summed E-state index contributed by atoms with van der Waals surface area (Å²) in [5, 5.41) is 13.6. The van der Waals surface area contributed by atoms with E-state index < -0.39 is 24.4 Å². The van der Waals surface area contributed by atoms with Gasteiger partial charge in [-0.2, -0.15) is 0 Å². The molecule has 0 bridgehead atoms. The molecular weight excluding hydrogens is 336 g/mol. The lowest BCUT2D eigenvalue weighted by Gasteiger charge is -2.09. The molecule has 0 saturated carbocycles. The molecular formula is C19H16N2O5. The second kappa shape index (κ2) is 7.10. The first-order valence-corrected chi connectivity index (χ1v) is 7.80. The molecule has 0 spiro atoms. The second-order valence-corrected chi connectivity index (χ2v) is 5.64. The van der Waals surface area contributed by atoms with E-state index in [1.165, 1.54) is 6.07 Å². The number of imide groups is 1. The standard InChI is InChI=1S/C19H16N2O5/c1-21-10-4-7-15(21)18(24)20-16(22)11-26-19(25)14-9-8-12-5-2-3-6-13(12)17(14)23/h2-10,23H,11H2,1H3,(H,20,22,24). The average molecular weight is 352 g/mol. The number of aryl methyl sites for hydroxylation is 1. The van der Waals surface area contributed by atoms with Gasteiger partial charge in [0.25, 0.3) is 11.8 Å². The van der Waals surface area contributed by atoms with E-state index >= 15 is 0 Å². The molecule has 0 fully saturated rings. The van der Waals surface area contributed by atoms with Gasteiger partial charge < -0.3 is 14.4 Å². The highest BCUT2D eigenvalue weighted by Gasteiger charge is 2.18. The molecule has 0 aliphatic heterocycles. The normalized spacial score (nSPS) is 10.5. The van der Waals surface area contributed by atoms with Crippen molar-refractivity contribution in [2.75, 3.05) is 6.61 Å². The molecule has 2 N–H and O–H groups in total. The van der Waals surface area contributed by atoms with Gasteiger partial charge >= 0.3 is 5.97 Å². The number of phenols is 1. The van der Waals surface area contributed by atoms with E-state index in [2.05, 4.69) is 5.32 Å². The number of carbonyl (C=O) groups is 3. The molecule has 3 rings (SSSR count). The van der Waals surface area contributed by atoms with Crippen molar-refractivity contribution in [1.29, 1.82) is 0 Å². The van der Waals surface area contributed by atoms with E-state index in [4.69, 9.17) is 4.74 Å². The van der Waals surface area contributed by atoms with Gasteiger partial charge in [-0.25, -0.2) is 4.79 Å². The van der Waals surface area contributed by atoms with Gasteiger partial charge in [0.1, 0.15) is 17.0 Å². The predicted octanol–water partition coefficient (Wildman–Crippen LogP) is 2.00. The Morgan fingerprint density at radius 3 is 2.58 bits per heavy atom. The smallest absolute Gasteiger partial charge is 0.342 e. The number of phenolic OH excluding ortho intramolecular Hbond substituents is 1. The number of nitrogens with one attached hydrogen (secondary N) is 1. The van der Waals surface area contributed by atoms with Gasteiger partial charge in [-0.15, -0.1) is 0 Å². The number of hydrogen-bond donors (Lipinski definition) is 2. The third kappa shape index (κ3) is 3.41. The number of hydrogen-bond acceptors (Lipinski definition) is 5. The average Bonchev–Trinajstić information content (AvgIpc) is 3.06.